The van der Waals surface area contributed by atoms with Crippen LogP contribution in [0.15, 0.2) is 36.4 Å². The zero-order valence-electron chi connectivity index (χ0n) is 17.3. The molecule has 2 heterocycles. The molecule has 3 fully saturated rings. The molecule has 0 aromatic heterocycles. The minimum Gasteiger partial charge on any atom is -0.363 e. The number of amides is 1. The lowest BCUT2D eigenvalue weighted by molar-refractivity contribution is -0.172. The summed E-state index contributed by atoms with van der Waals surface area (Å²) >= 11 is 0. The minimum atomic E-state index is -0.598. The van der Waals surface area contributed by atoms with E-state index in [-0.39, 0.29) is 30.2 Å². The molecule has 1 spiro atoms. The van der Waals surface area contributed by atoms with Crippen molar-refractivity contribution in [3.8, 4) is 11.1 Å². The smallest absolute Gasteiger partial charge is 0.248 e. The quantitative estimate of drug-likeness (QED) is 0.732. The van der Waals surface area contributed by atoms with E-state index in [9.17, 15) is 18.0 Å². The molecule has 5 rings (SSSR count). The van der Waals surface area contributed by atoms with Gasteiger partial charge in [-0.25, -0.2) is 13.2 Å². The molecule has 0 atom stereocenters. The van der Waals surface area contributed by atoms with Gasteiger partial charge in [-0.15, -0.1) is 0 Å². The Morgan fingerprint density at radius 3 is 2.23 bits per heavy atom. The molecule has 3 aliphatic rings. The zero-order valence-corrected chi connectivity index (χ0v) is 17.3. The monoisotopic (exact) mass is 430 g/mol. The van der Waals surface area contributed by atoms with Crippen LogP contribution in [-0.4, -0.2) is 53.6 Å². The van der Waals surface area contributed by atoms with Crippen LogP contribution >= 0.6 is 0 Å². The van der Waals surface area contributed by atoms with Crippen molar-refractivity contribution in [3.05, 3.63) is 59.4 Å². The van der Waals surface area contributed by atoms with Gasteiger partial charge in [0.2, 0.25) is 5.91 Å². The van der Waals surface area contributed by atoms with E-state index < -0.39 is 17.5 Å². The van der Waals surface area contributed by atoms with Crippen LogP contribution in [0.25, 0.3) is 11.1 Å². The van der Waals surface area contributed by atoms with Crippen LogP contribution in [0.1, 0.15) is 31.2 Å². The Kier molecular flexibility index (Phi) is 5.26. The lowest BCUT2D eigenvalue weighted by atomic mass is 9.89. The van der Waals surface area contributed by atoms with Crippen LogP contribution in [0.2, 0.25) is 0 Å². The second-order valence-corrected chi connectivity index (χ2v) is 8.93. The Morgan fingerprint density at radius 1 is 0.968 bits per heavy atom. The van der Waals surface area contributed by atoms with E-state index in [1.54, 1.807) is 0 Å². The number of carbonyl (C=O) groups is 1. The number of carbonyl (C=O) groups excluding carboxylic acids is 1. The van der Waals surface area contributed by atoms with Crippen molar-refractivity contribution in [3.63, 3.8) is 0 Å². The molecule has 0 unspecified atom stereocenters. The van der Waals surface area contributed by atoms with Gasteiger partial charge >= 0.3 is 0 Å². The second-order valence-electron chi connectivity index (χ2n) is 8.93. The van der Waals surface area contributed by atoms with Gasteiger partial charge in [0.1, 0.15) is 24.1 Å². The Morgan fingerprint density at radius 2 is 1.61 bits per heavy atom. The SMILES string of the molecule is O=C1COC2(CCN(Cc3c(F)cc(-c4ccc(F)cc4)cc3F)CC2)CN1C1CC1. The summed E-state index contributed by atoms with van der Waals surface area (Å²) in [7, 11) is 0. The molecule has 0 N–H and O–H groups in total. The highest BCUT2D eigenvalue weighted by molar-refractivity contribution is 5.79. The highest BCUT2D eigenvalue weighted by Crippen LogP contribution is 2.36. The molecule has 2 aromatic rings. The number of piperidine rings is 1. The van der Waals surface area contributed by atoms with Gasteiger partial charge in [-0.2, -0.15) is 0 Å². The molecule has 164 valence electrons. The van der Waals surface area contributed by atoms with Gasteiger partial charge in [-0.3, -0.25) is 9.69 Å². The second kappa shape index (κ2) is 7.95. The fourth-order valence-corrected chi connectivity index (χ4v) is 4.67. The third-order valence-corrected chi connectivity index (χ3v) is 6.74. The molecule has 1 aliphatic carbocycles. The Balaban J connectivity index is 1.25. The molecular weight excluding hydrogens is 405 g/mol. The van der Waals surface area contributed by atoms with Gasteiger partial charge in [0.05, 0.1) is 12.1 Å². The molecule has 0 bridgehead atoms. The maximum Gasteiger partial charge on any atom is 0.248 e. The van der Waals surface area contributed by atoms with Crippen molar-refractivity contribution in [1.29, 1.82) is 0 Å². The number of nitrogens with zero attached hydrogens (tertiary/aromatic N) is 2. The van der Waals surface area contributed by atoms with E-state index in [1.807, 2.05) is 9.80 Å². The number of ether oxygens (including phenoxy) is 1. The molecule has 2 saturated heterocycles. The first-order chi connectivity index (χ1) is 14.9. The summed E-state index contributed by atoms with van der Waals surface area (Å²) in [5.41, 5.74) is 0.657. The summed E-state index contributed by atoms with van der Waals surface area (Å²) < 4.78 is 48.6. The van der Waals surface area contributed by atoms with Crippen LogP contribution < -0.4 is 0 Å². The van der Waals surface area contributed by atoms with Crippen molar-refractivity contribution >= 4 is 5.91 Å². The molecule has 2 aromatic carbocycles. The number of rotatable bonds is 4. The molecule has 1 amide bonds. The van der Waals surface area contributed by atoms with Gasteiger partial charge in [0.15, 0.2) is 0 Å². The Labute approximate surface area is 179 Å². The zero-order chi connectivity index (χ0) is 21.6. The minimum absolute atomic E-state index is 0.0427. The van der Waals surface area contributed by atoms with E-state index in [1.165, 1.54) is 36.4 Å². The molecule has 4 nitrogen and oxygen atoms in total. The van der Waals surface area contributed by atoms with Crippen LogP contribution in [0.3, 0.4) is 0 Å². The average molecular weight is 430 g/mol. The molecule has 31 heavy (non-hydrogen) atoms. The Bertz CT molecular complexity index is 960. The summed E-state index contributed by atoms with van der Waals surface area (Å²) in [6, 6.07) is 8.54. The van der Waals surface area contributed by atoms with Crippen molar-refractivity contribution in [2.75, 3.05) is 26.2 Å². The number of benzene rings is 2. The van der Waals surface area contributed by atoms with Gasteiger partial charge in [-0.1, -0.05) is 12.1 Å². The maximum atomic E-state index is 14.8. The standard InChI is InChI=1S/C24H25F3N2O2/c25-18-3-1-16(2-4-18)17-11-21(26)20(22(27)12-17)13-28-9-7-24(8-10-28)15-29(19-5-6-19)23(30)14-31-24/h1-4,11-12,19H,5-10,13-15H2. The van der Waals surface area contributed by atoms with Crippen LogP contribution in [0.4, 0.5) is 13.2 Å². The number of halogens is 3. The number of morpholine rings is 1. The number of hydrogen-bond acceptors (Lipinski definition) is 3. The fourth-order valence-electron chi connectivity index (χ4n) is 4.67. The first-order valence-electron chi connectivity index (χ1n) is 10.8. The van der Waals surface area contributed by atoms with Crippen molar-refractivity contribution in [2.24, 2.45) is 0 Å². The van der Waals surface area contributed by atoms with Crippen molar-refractivity contribution in [2.45, 2.75) is 43.9 Å². The number of hydrogen-bond donors (Lipinski definition) is 0. The topological polar surface area (TPSA) is 32.8 Å². The summed E-state index contributed by atoms with van der Waals surface area (Å²) in [6.45, 7) is 2.25. The lowest BCUT2D eigenvalue weighted by Gasteiger charge is -2.47. The molecule has 2 aliphatic heterocycles. The van der Waals surface area contributed by atoms with Crippen LogP contribution in [-0.2, 0) is 16.1 Å². The maximum absolute atomic E-state index is 14.8. The highest BCUT2D eigenvalue weighted by atomic mass is 19.1. The predicted octanol–water partition coefficient (Wildman–Crippen LogP) is 4.13. The van der Waals surface area contributed by atoms with E-state index in [0.29, 0.717) is 36.8 Å². The summed E-state index contributed by atoms with van der Waals surface area (Å²) in [5, 5.41) is 0. The number of likely N-dealkylation sites (tertiary alicyclic amines) is 1. The van der Waals surface area contributed by atoms with E-state index in [4.69, 9.17) is 4.74 Å². The van der Waals surface area contributed by atoms with E-state index in [2.05, 4.69) is 0 Å². The first-order valence-corrected chi connectivity index (χ1v) is 10.8. The molecule has 7 heteroatoms. The van der Waals surface area contributed by atoms with Crippen LogP contribution in [0.5, 0.6) is 0 Å². The lowest BCUT2D eigenvalue weighted by Crippen LogP contribution is -2.59. The van der Waals surface area contributed by atoms with Gasteiger partial charge < -0.3 is 9.64 Å². The van der Waals surface area contributed by atoms with E-state index >= 15 is 0 Å². The van der Waals surface area contributed by atoms with Crippen molar-refractivity contribution < 1.29 is 22.7 Å². The summed E-state index contributed by atoms with van der Waals surface area (Å²) in [5.74, 6) is -1.52. The van der Waals surface area contributed by atoms with Gasteiger partial charge in [0, 0.05) is 31.2 Å². The Hall–Kier alpha value is -2.38. The average Bonchev–Trinajstić information content (AvgIpc) is 3.60. The molecular formula is C24H25F3N2O2. The first kappa shape index (κ1) is 20.5. The largest absolute Gasteiger partial charge is 0.363 e. The predicted molar refractivity (Wildman–Crippen MR) is 110 cm³/mol. The third-order valence-electron chi connectivity index (χ3n) is 6.74. The summed E-state index contributed by atoms with van der Waals surface area (Å²) in [6.07, 6.45) is 3.61. The third kappa shape index (κ3) is 4.21. The fraction of sp³-hybridized carbons (Fsp3) is 0.458. The summed E-state index contributed by atoms with van der Waals surface area (Å²) in [4.78, 5) is 16.1. The molecule has 0 radical (unpaired) electrons. The van der Waals surface area contributed by atoms with E-state index in [0.717, 1.165) is 25.7 Å². The van der Waals surface area contributed by atoms with Gasteiger partial charge in [0.25, 0.3) is 0 Å². The van der Waals surface area contributed by atoms with Gasteiger partial charge in [-0.05, 0) is 61.1 Å². The van der Waals surface area contributed by atoms with Crippen LogP contribution in [0, 0.1) is 17.5 Å². The van der Waals surface area contributed by atoms with Crippen molar-refractivity contribution in [1.82, 2.24) is 9.80 Å². The highest BCUT2D eigenvalue weighted by Gasteiger charge is 2.46. The normalized spacial score (nSPS) is 21.6. The molecule has 1 saturated carbocycles.